The van der Waals surface area contributed by atoms with Crippen molar-refractivity contribution in [3.63, 3.8) is 0 Å². The van der Waals surface area contributed by atoms with Gasteiger partial charge in [0.2, 0.25) is 0 Å². The fraction of sp³-hybridized carbons (Fsp3) is 0.818. The van der Waals surface area contributed by atoms with Crippen LogP contribution >= 0.6 is 0 Å². The molecule has 4 nitrogen and oxygen atoms in total. The molecule has 0 radical (unpaired) electrons. The van der Waals surface area contributed by atoms with Gasteiger partial charge in [0.15, 0.2) is 5.82 Å². The first kappa shape index (κ1) is 13.3. The minimum absolute atomic E-state index is 0.0337. The maximum absolute atomic E-state index is 12.4. The van der Waals surface area contributed by atoms with Crippen LogP contribution in [-0.2, 0) is 11.7 Å². The van der Waals surface area contributed by atoms with Crippen LogP contribution < -0.4 is 5.73 Å². The van der Waals surface area contributed by atoms with Gasteiger partial charge < -0.3 is 10.3 Å². The Bertz CT molecular complexity index is 431. The highest BCUT2D eigenvalue weighted by Gasteiger charge is 2.43. The number of alkyl halides is 3. The van der Waals surface area contributed by atoms with Crippen LogP contribution in [0.1, 0.15) is 44.8 Å². The molecule has 1 heterocycles. The van der Waals surface area contributed by atoms with Gasteiger partial charge in [0.25, 0.3) is 0 Å². The van der Waals surface area contributed by atoms with Crippen molar-refractivity contribution in [1.29, 1.82) is 0 Å². The van der Waals surface area contributed by atoms with E-state index in [0.29, 0.717) is 24.7 Å². The number of nitrogens with two attached hydrogens (primary N) is 1. The molecule has 2 N–H and O–H groups in total. The third kappa shape index (κ3) is 2.36. The Morgan fingerprint density at radius 2 is 2.00 bits per heavy atom. The lowest BCUT2D eigenvalue weighted by Gasteiger charge is -2.37. The van der Waals surface area contributed by atoms with E-state index in [9.17, 15) is 13.2 Å². The highest BCUT2D eigenvalue weighted by Crippen LogP contribution is 2.40. The Hall–Kier alpha value is -1.11. The molecule has 2 rings (SSSR count). The lowest BCUT2D eigenvalue weighted by atomic mass is 9.71. The molecule has 1 aromatic rings. The second kappa shape index (κ2) is 4.22. The van der Waals surface area contributed by atoms with Crippen molar-refractivity contribution < 1.29 is 17.7 Å². The van der Waals surface area contributed by atoms with E-state index in [1.165, 1.54) is 0 Å². The van der Waals surface area contributed by atoms with Crippen LogP contribution in [0.5, 0.6) is 0 Å². The second-order valence-corrected chi connectivity index (χ2v) is 5.27. The molecule has 0 spiro atoms. The van der Waals surface area contributed by atoms with Gasteiger partial charge in [-0.05, 0) is 31.1 Å². The monoisotopic (exact) mass is 263 g/mol. The van der Waals surface area contributed by atoms with E-state index in [4.69, 9.17) is 5.73 Å². The SMILES string of the molecule is CC1CCC(N)(c2noc(C(F)(F)F)n2)CC1C. The molecule has 3 unspecified atom stereocenters. The zero-order valence-corrected chi connectivity index (χ0v) is 10.3. The van der Waals surface area contributed by atoms with Gasteiger partial charge in [-0.2, -0.15) is 18.2 Å². The molecular formula is C11H16F3N3O. The van der Waals surface area contributed by atoms with E-state index < -0.39 is 17.6 Å². The molecule has 0 amide bonds. The average molecular weight is 263 g/mol. The first-order valence-corrected chi connectivity index (χ1v) is 5.92. The van der Waals surface area contributed by atoms with E-state index in [0.717, 1.165) is 6.42 Å². The number of hydrogen-bond donors (Lipinski definition) is 1. The van der Waals surface area contributed by atoms with Crippen molar-refractivity contribution in [2.75, 3.05) is 0 Å². The summed E-state index contributed by atoms with van der Waals surface area (Å²) in [7, 11) is 0. The molecular weight excluding hydrogens is 247 g/mol. The summed E-state index contributed by atoms with van der Waals surface area (Å²) in [6.45, 7) is 4.15. The predicted molar refractivity (Wildman–Crippen MR) is 57.3 cm³/mol. The van der Waals surface area contributed by atoms with Crippen molar-refractivity contribution in [3.8, 4) is 0 Å². The standard InChI is InChI=1S/C11H16F3N3O/c1-6-3-4-10(15,5-7(6)2)8-16-9(18-17-8)11(12,13)14/h6-7H,3-5,15H2,1-2H3. The van der Waals surface area contributed by atoms with Gasteiger partial charge in [-0.1, -0.05) is 19.0 Å². The first-order chi connectivity index (χ1) is 8.22. The number of nitrogens with zero attached hydrogens (tertiary/aromatic N) is 2. The van der Waals surface area contributed by atoms with Gasteiger partial charge in [0.05, 0.1) is 5.54 Å². The summed E-state index contributed by atoms with van der Waals surface area (Å²) < 4.78 is 41.4. The molecule has 0 aromatic carbocycles. The van der Waals surface area contributed by atoms with Gasteiger partial charge in [0.1, 0.15) is 0 Å². The van der Waals surface area contributed by atoms with Gasteiger partial charge in [-0.3, -0.25) is 0 Å². The third-order valence-corrected chi connectivity index (χ3v) is 3.82. The van der Waals surface area contributed by atoms with E-state index in [1.807, 2.05) is 6.92 Å². The lowest BCUT2D eigenvalue weighted by Crippen LogP contribution is -2.44. The number of hydrogen-bond acceptors (Lipinski definition) is 4. The van der Waals surface area contributed by atoms with Gasteiger partial charge >= 0.3 is 12.1 Å². The molecule has 0 aliphatic heterocycles. The zero-order valence-electron chi connectivity index (χ0n) is 10.3. The normalized spacial score (nSPS) is 33.7. The Kier molecular flexibility index (Phi) is 3.12. The quantitative estimate of drug-likeness (QED) is 0.846. The summed E-state index contributed by atoms with van der Waals surface area (Å²) in [6.07, 6.45) is -2.61. The van der Waals surface area contributed by atoms with Crippen LogP contribution in [0.3, 0.4) is 0 Å². The van der Waals surface area contributed by atoms with Crippen molar-refractivity contribution in [1.82, 2.24) is 10.1 Å². The summed E-state index contributed by atoms with van der Waals surface area (Å²) in [4.78, 5) is 3.41. The van der Waals surface area contributed by atoms with Crippen molar-refractivity contribution in [2.24, 2.45) is 17.6 Å². The number of rotatable bonds is 1. The molecule has 3 atom stereocenters. The number of halogens is 3. The Labute approximate surface area is 103 Å². The predicted octanol–water partition coefficient (Wildman–Crippen LogP) is 2.70. The Balaban J connectivity index is 2.23. The summed E-state index contributed by atoms with van der Waals surface area (Å²) in [6, 6.07) is 0. The van der Waals surface area contributed by atoms with Gasteiger partial charge in [-0.15, -0.1) is 0 Å². The minimum atomic E-state index is -4.62. The molecule has 1 aliphatic carbocycles. The average Bonchev–Trinajstić information content (AvgIpc) is 2.73. The Morgan fingerprint density at radius 3 is 2.50 bits per heavy atom. The van der Waals surface area contributed by atoms with Crippen LogP contribution in [0.4, 0.5) is 13.2 Å². The molecule has 1 fully saturated rings. The third-order valence-electron chi connectivity index (χ3n) is 3.82. The molecule has 0 bridgehead atoms. The summed E-state index contributed by atoms with van der Waals surface area (Å²) in [5.74, 6) is -0.519. The van der Waals surface area contributed by atoms with Crippen molar-refractivity contribution in [3.05, 3.63) is 11.7 Å². The molecule has 1 saturated carbocycles. The van der Waals surface area contributed by atoms with Gasteiger partial charge in [0, 0.05) is 0 Å². The van der Waals surface area contributed by atoms with Crippen LogP contribution in [0, 0.1) is 11.8 Å². The van der Waals surface area contributed by atoms with E-state index in [-0.39, 0.29) is 5.82 Å². The van der Waals surface area contributed by atoms with Crippen LogP contribution in [0.15, 0.2) is 4.52 Å². The molecule has 0 saturated heterocycles. The molecule has 1 aliphatic rings. The van der Waals surface area contributed by atoms with Gasteiger partial charge in [-0.25, -0.2) is 0 Å². The highest BCUT2D eigenvalue weighted by molar-refractivity contribution is 5.07. The van der Waals surface area contributed by atoms with Crippen molar-refractivity contribution >= 4 is 0 Å². The van der Waals surface area contributed by atoms with Crippen LogP contribution in [0.25, 0.3) is 0 Å². The maximum atomic E-state index is 12.4. The second-order valence-electron chi connectivity index (χ2n) is 5.27. The summed E-state index contributed by atoms with van der Waals surface area (Å²) in [5.41, 5.74) is 5.23. The smallest absolute Gasteiger partial charge is 0.329 e. The minimum Gasteiger partial charge on any atom is -0.329 e. The molecule has 7 heteroatoms. The number of aromatic nitrogens is 2. The van der Waals surface area contributed by atoms with E-state index in [1.54, 1.807) is 0 Å². The first-order valence-electron chi connectivity index (χ1n) is 5.92. The summed E-state index contributed by atoms with van der Waals surface area (Å²) >= 11 is 0. The van der Waals surface area contributed by atoms with E-state index >= 15 is 0 Å². The fourth-order valence-electron chi connectivity index (χ4n) is 2.39. The summed E-state index contributed by atoms with van der Waals surface area (Å²) in [5, 5.41) is 3.41. The fourth-order valence-corrected chi connectivity index (χ4v) is 2.39. The zero-order chi connectivity index (χ0) is 13.6. The van der Waals surface area contributed by atoms with E-state index in [2.05, 4.69) is 21.6 Å². The topological polar surface area (TPSA) is 64.9 Å². The highest BCUT2D eigenvalue weighted by atomic mass is 19.4. The molecule has 18 heavy (non-hydrogen) atoms. The lowest BCUT2D eigenvalue weighted by molar-refractivity contribution is -0.159. The van der Waals surface area contributed by atoms with Crippen LogP contribution in [-0.4, -0.2) is 10.1 Å². The molecule has 1 aromatic heterocycles. The largest absolute Gasteiger partial charge is 0.471 e. The van der Waals surface area contributed by atoms with Crippen LogP contribution in [0.2, 0.25) is 0 Å². The maximum Gasteiger partial charge on any atom is 0.471 e. The Morgan fingerprint density at radius 1 is 1.33 bits per heavy atom. The molecule has 102 valence electrons. The van der Waals surface area contributed by atoms with Crippen molar-refractivity contribution in [2.45, 2.75) is 44.8 Å².